The molecule has 1 rings (SSSR count). The summed E-state index contributed by atoms with van der Waals surface area (Å²) >= 11 is 0. The van der Waals surface area contributed by atoms with Gasteiger partial charge in [0.2, 0.25) is 0 Å². The Morgan fingerprint density at radius 3 is 2.71 bits per heavy atom. The smallest absolute Gasteiger partial charge is 0.410 e. The molecule has 1 fully saturated rings. The summed E-state index contributed by atoms with van der Waals surface area (Å²) in [5, 5.41) is 3.41. The van der Waals surface area contributed by atoms with Crippen LogP contribution in [-0.2, 0) is 9.47 Å². The number of amides is 1. The molecule has 21 heavy (non-hydrogen) atoms. The fourth-order valence-corrected chi connectivity index (χ4v) is 2.40. The predicted octanol–water partition coefficient (Wildman–Crippen LogP) is 2.65. The van der Waals surface area contributed by atoms with Gasteiger partial charge >= 0.3 is 6.09 Å². The van der Waals surface area contributed by atoms with Crippen molar-refractivity contribution in [1.82, 2.24) is 10.2 Å². The van der Waals surface area contributed by atoms with Crippen LogP contribution in [0.2, 0.25) is 0 Å². The molecular weight excluding hydrogens is 268 g/mol. The Kier molecular flexibility index (Phi) is 7.46. The summed E-state index contributed by atoms with van der Waals surface area (Å²) in [6.07, 6.45) is 2.31. The molecule has 0 spiro atoms. The Morgan fingerprint density at radius 1 is 1.38 bits per heavy atom. The minimum absolute atomic E-state index is 0.185. The monoisotopic (exact) mass is 300 g/mol. The molecule has 5 nitrogen and oxygen atoms in total. The van der Waals surface area contributed by atoms with Gasteiger partial charge in [-0.15, -0.1) is 0 Å². The Labute approximate surface area is 129 Å². The first-order valence-corrected chi connectivity index (χ1v) is 8.08. The van der Waals surface area contributed by atoms with Crippen LogP contribution >= 0.6 is 0 Å². The zero-order valence-corrected chi connectivity index (χ0v) is 14.3. The maximum Gasteiger partial charge on any atom is 0.410 e. The van der Waals surface area contributed by atoms with Crippen molar-refractivity contribution in [3.63, 3.8) is 0 Å². The van der Waals surface area contributed by atoms with E-state index in [4.69, 9.17) is 9.47 Å². The minimum atomic E-state index is -0.420. The quantitative estimate of drug-likeness (QED) is 0.766. The van der Waals surface area contributed by atoms with Crippen LogP contribution in [0.15, 0.2) is 0 Å². The van der Waals surface area contributed by atoms with Gasteiger partial charge in [-0.3, -0.25) is 0 Å². The SMILES string of the molecule is CC(C)OCCNCC1CCCN(C(=O)OC(C)(C)C)C1. The average molecular weight is 300 g/mol. The second-order valence-corrected chi connectivity index (χ2v) is 7.06. The van der Waals surface area contributed by atoms with Crippen LogP contribution in [-0.4, -0.2) is 55.5 Å². The van der Waals surface area contributed by atoms with Crippen molar-refractivity contribution in [2.75, 3.05) is 32.8 Å². The largest absolute Gasteiger partial charge is 0.444 e. The molecule has 0 aromatic heterocycles. The van der Waals surface area contributed by atoms with Crippen LogP contribution in [0.4, 0.5) is 4.79 Å². The van der Waals surface area contributed by atoms with Gasteiger partial charge in [0, 0.05) is 19.6 Å². The maximum absolute atomic E-state index is 12.1. The zero-order valence-electron chi connectivity index (χ0n) is 14.3. The second-order valence-electron chi connectivity index (χ2n) is 7.06. The Balaban J connectivity index is 2.24. The van der Waals surface area contributed by atoms with Gasteiger partial charge in [-0.2, -0.15) is 0 Å². The second kappa shape index (κ2) is 8.59. The molecule has 1 unspecified atom stereocenters. The summed E-state index contributed by atoms with van der Waals surface area (Å²) in [4.78, 5) is 13.9. The molecule has 0 aromatic carbocycles. The van der Waals surface area contributed by atoms with Crippen LogP contribution < -0.4 is 5.32 Å². The first-order valence-electron chi connectivity index (χ1n) is 8.08. The molecule has 1 saturated heterocycles. The summed E-state index contributed by atoms with van der Waals surface area (Å²) < 4.78 is 10.9. The number of likely N-dealkylation sites (tertiary alicyclic amines) is 1. The van der Waals surface area contributed by atoms with E-state index in [9.17, 15) is 4.79 Å². The molecule has 0 aromatic rings. The molecule has 1 aliphatic heterocycles. The highest BCUT2D eigenvalue weighted by Gasteiger charge is 2.27. The lowest BCUT2D eigenvalue weighted by atomic mass is 9.98. The average Bonchev–Trinajstić information content (AvgIpc) is 2.36. The van der Waals surface area contributed by atoms with Crippen molar-refractivity contribution < 1.29 is 14.3 Å². The molecule has 0 radical (unpaired) electrons. The van der Waals surface area contributed by atoms with E-state index in [1.165, 1.54) is 0 Å². The summed E-state index contributed by atoms with van der Waals surface area (Å²) in [6.45, 7) is 13.9. The third kappa shape index (κ3) is 8.27. The molecular formula is C16H32N2O3. The lowest BCUT2D eigenvalue weighted by Crippen LogP contribution is -2.45. The normalized spacial score (nSPS) is 19.9. The number of hydrogen-bond acceptors (Lipinski definition) is 4. The Morgan fingerprint density at radius 2 is 2.10 bits per heavy atom. The van der Waals surface area contributed by atoms with E-state index >= 15 is 0 Å². The molecule has 124 valence electrons. The third-order valence-electron chi connectivity index (χ3n) is 3.33. The van der Waals surface area contributed by atoms with E-state index < -0.39 is 5.60 Å². The number of nitrogens with zero attached hydrogens (tertiary/aromatic N) is 1. The number of hydrogen-bond donors (Lipinski definition) is 1. The first kappa shape index (κ1) is 18.2. The molecule has 1 atom stereocenters. The topological polar surface area (TPSA) is 50.8 Å². The third-order valence-corrected chi connectivity index (χ3v) is 3.33. The van der Waals surface area contributed by atoms with Crippen molar-refractivity contribution in [3.8, 4) is 0 Å². The highest BCUT2D eigenvalue weighted by Crippen LogP contribution is 2.18. The number of rotatable bonds is 6. The number of carbonyl (C=O) groups excluding carboxylic acids is 1. The van der Waals surface area contributed by atoms with Gasteiger partial charge in [0.15, 0.2) is 0 Å². The molecule has 0 aliphatic carbocycles. The van der Waals surface area contributed by atoms with Gasteiger partial charge in [-0.25, -0.2) is 4.79 Å². The Hall–Kier alpha value is -0.810. The van der Waals surface area contributed by atoms with Gasteiger partial charge in [-0.1, -0.05) is 0 Å². The fourth-order valence-electron chi connectivity index (χ4n) is 2.40. The van der Waals surface area contributed by atoms with Gasteiger partial charge in [0.05, 0.1) is 12.7 Å². The molecule has 0 saturated carbocycles. The first-order chi connectivity index (χ1) is 9.78. The fraction of sp³-hybridized carbons (Fsp3) is 0.938. The van der Waals surface area contributed by atoms with Gasteiger partial charge in [0.25, 0.3) is 0 Å². The summed E-state index contributed by atoms with van der Waals surface area (Å²) in [5.41, 5.74) is -0.420. The number of piperidine rings is 1. The van der Waals surface area contributed by atoms with Crippen LogP contribution in [0.1, 0.15) is 47.5 Å². The highest BCUT2D eigenvalue weighted by molar-refractivity contribution is 5.68. The van der Waals surface area contributed by atoms with Gasteiger partial charge in [-0.05, 0) is 59.9 Å². The lowest BCUT2D eigenvalue weighted by Gasteiger charge is -2.34. The van der Waals surface area contributed by atoms with E-state index in [2.05, 4.69) is 5.32 Å². The van der Waals surface area contributed by atoms with Gasteiger partial charge < -0.3 is 19.7 Å². The number of carbonyl (C=O) groups is 1. The molecule has 0 bridgehead atoms. The summed E-state index contributed by atoms with van der Waals surface area (Å²) in [5.74, 6) is 0.505. The Bertz CT molecular complexity index is 313. The predicted molar refractivity (Wildman–Crippen MR) is 84.5 cm³/mol. The summed E-state index contributed by atoms with van der Waals surface area (Å²) in [6, 6.07) is 0. The minimum Gasteiger partial charge on any atom is -0.444 e. The van der Waals surface area contributed by atoms with Crippen molar-refractivity contribution >= 4 is 6.09 Å². The van der Waals surface area contributed by atoms with Crippen LogP contribution in [0.5, 0.6) is 0 Å². The molecule has 1 aliphatic rings. The maximum atomic E-state index is 12.1. The van der Waals surface area contributed by atoms with E-state index in [1.807, 2.05) is 39.5 Å². The molecule has 1 N–H and O–H groups in total. The van der Waals surface area contributed by atoms with Crippen LogP contribution in [0.3, 0.4) is 0 Å². The van der Waals surface area contributed by atoms with Crippen LogP contribution in [0.25, 0.3) is 0 Å². The molecule has 1 heterocycles. The summed E-state index contributed by atoms with van der Waals surface area (Å²) in [7, 11) is 0. The van der Waals surface area contributed by atoms with Crippen molar-refractivity contribution in [3.05, 3.63) is 0 Å². The highest BCUT2D eigenvalue weighted by atomic mass is 16.6. The standard InChI is InChI=1S/C16H32N2O3/c1-13(2)20-10-8-17-11-14-7-6-9-18(12-14)15(19)21-16(3,4)5/h13-14,17H,6-12H2,1-5H3. The lowest BCUT2D eigenvalue weighted by molar-refractivity contribution is 0.0164. The van der Waals surface area contributed by atoms with E-state index in [0.717, 1.165) is 45.6 Å². The van der Waals surface area contributed by atoms with Crippen molar-refractivity contribution in [2.24, 2.45) is 5.92 Å². The number of nitrogens with one attached hydrogen (secondary N) is 1. The molecule has 5 heteroatoms. The number of ether oxygens (including phenoxy) is 2. The molecule has 1 amide bonds. The van der Waals surface area contributed by atoms with Crippen molar-refractivity contribution in [2.45, 2.75) is 59.2 Å². The van der Waals surface area contributed by atoms with Crippen molar-refractivity contribution in [1.29, 1.82) is 0 Å². The van der Waals surface area contributed by atoms with Gasteiger partial charge in [0.1, 0.15) is 5.60 Å². The zero-order chi connectivity index (χ0) is 15.9. The van der Waals surface area contributed by atoms with E-state index in [-0.39, 0.29) is 12.2 Å². The van der Waals surface area contributed by atoms with E-state index in [0.29, 0.717) is 5.92 Å². The van der Waals surface area contributed by atoms with Crippen LogP contribution in [0, 0.1) is 5.92 Å². The van der Waals surface area contributed by atoms with E-state index in [1.54, 1.807) is 0 Å².